The Morgan fingerprint density at radius 3 is 2.36 bits per heavy atom. The van der Waals surface area contributed by atoms with E-state index in [1.165, 1.54) is 25.3 Å². The summed E-state index contributed by atoms with van der Waals surface area (Å²) in [5.74, 6) is 0.465. The third-order valence-corrected chi connectivity index (χ3v) is 3.84. The number of carbonyl (C=O) groups is 1. The first-order chi connectivity index (χ1) is 11.9. The van der Waals surface area contributed by atoms with Gasteiger partial charge in [0.05, 0.1) is 30.7 Å². The summed E-state index contributed by atoms with van der Waals surface area (Å²) in [6.45, 7) is 3.76. The zero-order chi connectivity index (χ0) is 18.6. The molecular formula is C18H20N2O5. The third-order valence-electron chi connectivity index (χ3n) is 3.84. The number of non-ortho nitro benzene ring substituents is 1. The Balaban J connectivity index is 2.32. The summed E-state index contributed by atoms with van der Waals surface area (Å²) < 4.78 is 10.5. The zero-order valence-electron chi connectivity index (χ0n) is 14.5. The number of carbonyl (C=O) groups excluding carboxylic acids is 1. The Kier molecular flexibility index (Phi) is 5.59. The van der Waals surface area contributed by atoms with Crippen LogP contribution >= 0.6 is 0 Å². The molecule has 0 aliphatic carbocycles. The van der Waals surface area contributed by atoms with Crippen LogP contribution in [0.3, 0.4) is 0 Å². The van der Waals surface area contributed by atoms with Crippen LogP contribution in [-0.4, -0.2) is 25.1 Å². The monoisotopic (exact) mass is 344 g/mol. The highest BCUT2D eigenvalue weighted by atomic mass is 16.6. The predicted octanol–water partition coefficient (Wildman–Crippen LogP) is 3.41. The molecule has 0 fully saturated rings. The van der Waals surface area contributed by atoms with Crippen LogP contribution in [0.5, 0.6) is 11.5 Å². The van der Waals surface area contributed by atoms with Crippen LogP contribution in [-0.2, 0) is 0 Å². The lowest BCUT2D eigenvalue weighted by Crippen LogP contribution is -2.27. The smallest absolute Gasteiger partial charge is 0.270 e. The van der Waals surface area contributed by atoms with Gasteiger partial charge in [0.2, 0.25) is 0 Å². The number of methoxy groups -OCH3 is 2. The standard InChI is InChI=1S/C18H20N2O5/c1-11-5-7-16(24-3)14(9-11)12(2)19-18(21)15-10-13(20(22)23)6-8-17(15)25-4/h5-10,12H,1-4H3,(H,19,21). The first kappa shape index (κ1) is 18.3. The Labute approximate surface area is 145 Å². The van der Waals surface area contributed by atoms with Crippen LogP contribution in [0, 0.1) is 17.0 Å². The molecule has 7 nitrogen and oxygen atoms in total. The summed E-state index contributed by atoms with van der Waals surface area (Å²) in [7, 11) is 2.97. The van der Waals surface area contributed by atoms with Crippen LogP contribution in [0.4, 0.5) is 5.69 Å². The first-order valence-corrected chi connectivity index (χ1v) is 7.65. The number of nitro benzene ring substituents is 1. The van der Waals surface area contributed by atoms with Crippen molar-refractivity contribution in [3.63, 3.8) is 0 Å². The van der Waals surface area contributed by atoms with Crippen LogP contribution in [0.15, 0.2) is 36.4 Å². The molecule has 2 aromatic rings. The van der Waals surface area contributed by atoms with E-state index in [2.05, 4.69) is 5.32 Å². The van der Waals surface area contributed by atoms with E-state index >= 15 is 0 Å². The van der Waals surface area contributed by atoms with Gasteiger partial charge in [-0.1, -0.05) is 17.7 Å². The van der Waals surface area contributed by atoms with Gasteiger partial charge in [-0.25, -0.2) is 0 Å². The molecular weight excluding hydrogens is 324 g/mol. The van der Waals surface area contributed by atoms with Gasteiger partial charge < -0.3 is 14.8 Å². The number of nitrogens with one attached hydrogen (secondary N) is 1. The molecule has 1 amide bonds. The maximum absolute atomic E-state index is 12.6. The number of rotatable bonds is 6. The number of ether oxygens (including phenoxy) is 2. The van der Waals surface area contributed by atoms with Gasteiger partial charge in [0, 0.05) is 17.7 Å². The second-order valence-electron chi connectivity index (χ2n) is 5.58. The molecule has 0 spiro atoms. The van der Waals surface area contributed by atoms with Gasteiger partial charge in [-0.15, -0.1) is 0 Å². The van der Waals surface area contributed by atoms with Crippen molar-refractivity contribution >= 4 is 11.6 Å². The SMILES string of the molecule is COc1ccc([N+](=O)[O-])cc1C(=O)NC(C)c1cc(C)ccc1OC. The Bertz CT molecular complexity index is 804. The highest BCUT2D eigenvalue weighted by Crippen LogP contribution is 2.28. The largest absolute Gasteiger partial charge is 0.496 e. The van der Waals surface area contributed by atoms with Crippen molar-refractivity contribution in [3.05, 3.63) is 63.2 Å². The van der Waals surface area contributed by atoms with Gasteiger partial charge in [0.25, 0.3) is 11.6 Å². The van der Waals surface area contributed by atoms with Crippen molar-refractivity contribution in [3.8, 4) is 11.5 Å². The molecule has 0 bridgehead atoms. The van der Waals surface area contributed by atoms with E-state index < -0.39 is 10.8 Å². The van der Waals surface area contributed by atoms with Gasteiger partial charge in [0.15, 0.2) is 0 Å². The number of benzene rings is 2. The van der Waals surface area contributed by atoms with Crippen LogP contribution in [0.25, 0.3) is 0 Å². The van der Waals surface area contributed by atoms with Crippen molar-refractivity contribution in [1.29, 1.82) is 0 Å². The molecule has 2 aromatic carbocycles. The van der Waals surface area contributed by atoms with Crippen molar-refractivity contribution < 1.29 is 19.2 Å². The minimum atomic E-state index is -0.552. The summed E-state index contributed by atoms with van der Waals surface area (Å²) in [6, 6.07) is 9.23. The minimum Gasteiger partial charge on any atom is -0.496 e. The normalized spacial score (nSPS) is 11.5. The molecule has 2 rings (SSSR count). The zero-order valence-corrected chi connectivity index (χ0v) is 14.5. The van der Waals surface area contributed by atoms with Crippen molar-refractivity contribution in [1.82, 2.24) is 5.32 Å². The third kappa shape index (κ3) is 4.06. The summed E-state index contributed by atoms with van der Waals surface area (Å²) in [6.07, 6.45) is 0. The predicted molar refractivity (Wildman–Crippen MR) is 93.3 cm³/mol. The number of hydrogen-bond donors (Lipinski definition) is 1. The maximum atomic E-state index is 12.6. The second kappa shape index (κ2) is 7.65. The van der Waals surface area contributed by atoms with Crippen molar-refractivity contribution in [2.75, 3.05) is 14.2 Å². The van der Waals surface area contributed by atoms with Gasteiger partial charge >= 0.3 is 0 Å². The van der Waals surface area contributed by atoms with Crippen LogP contribution in [0.2, 0.25) is 0 Å². The molecule has 0 aromatic heterocycles. The number of aryl methyl sites for hydroxylation is 1. The van der Waals surface area contributed by atoms with Gasteiger partial charge in [-0.05, 0) is 26.0 Å². The van der Waals surface area contributed by atoms with Gasteiger partial charge in [-0.2, -0.15) is 0 Å². The molecule has 1 N–H and O–H groups in total. The average Bonchev–Trinajstić information content (AvgIpc) is 2.60. The van der Waals surface area contributed by atoms with E-state index in [1.54, 1.807) is 7.11 Å². The fraction of sp³-hybridized carbons (Fsp3) is 0.278. The molecule has 1 atom stereocenters. The molecule has 0 saturated heterocycles. The van der Waals surface area contributed by atoms with Crippen LogP contribution in [0.1, 0.15) is 34.5 Å². The minimum absolute atomic E-state index is 0.107. The van der Waals surface area contributed by atoms with E-state index in [9.17, 15) is 14.9 Å². The van der Waals surface area contributed by atoms with E-state index in [-0.39, 0.29) is 23.0 Å². The fourth-order valence-electron chi connectivity index (χ4n) is 2.53. The number of hydrogen-bond acceptors (Lipinski definition) is 5. The summed E-state index contributed by atoms with van der Waals surface area (Å²) in [5, 5.41) is 13.8. The summed E-state index contributed by atoms with van der Waals surface area (Å²) in [4.78, 5) is 23.0. The molecule has 25 heavy (non-hydrogen) atoms. The maximum Gasteiger partial charge on any atom is 0.270 e. The lowest BCUT2D eigenvalue weighted by Gasteiger charge is -2.18. The van der Waals surface area contributed by atoms with Gasteiger partial charge in [0.1, 0.15) is 11.5 Å². The Hall–Kier alpha value is -3.09. The Morgan fingerprint density at radius 1 is 1.12 bits per heavy atom. The summed E-state index contributed by atoms with van der Waals surface area (Å²) in [5.41, 5.74) is 1.78. The lowest BCUT2D eigenvalue weighted by molar-refractivity contribution is -0.384. The average molecular weight is 344 g/mol. The quantitative estimate of drug-likeness (QED) is 0.640. The molecule has 0 aliphatic heterocycles. The first-order valence-electron chi connectivity index (χ1n) is 7.65. The molecule has 0 aliphatic rings. The second-order valence-corrected chi connectivity index (χ2v) is 5.58. The topological polar surface area (TPSA) is 90.7 Å². The highest BCUT2D eigenvalue weighted by molar-refractivity contribution is 5.97. The van der Waals surface area contributed by atoms with Crippen molar-refractivity contribution in [2.45, 2.75) is 19.9 Å². The van der Waals surface area contributed by atoms with E-state index in [0.29, 0.717) is 5.75 Å². The Morgan fingerprint density at radius 2 is 1.76 bits per heavy atom. The van der Waals surface area contributed by atoms with E-state index in [1.807, 2.05) is 32.0 Å². The number of nitrogens with zero attached hydrogens (tertiary/aromatic N) is 1. The summed E-state index contributed by atoms with van der Waals surface area (Å²) >= 11 is 0. The number of amides is 1. The molecule has 1 unspecified atom stereocenters. The molecule has 0 radical (unpaired) electrons. The lowest BCUT2D eigenvalue weighted by atomic mass is 10.0. The van der Waals surface area contributed by atoms with Crippen molar-refractivity contribution in [2.24, 2.45) is 0 Å². The molecule has 0 heterocycles. The fourth-order valence-corrected chi connectivity index (χ4v) is 2.53. The molecule has 7 heteroatoms. The van der Waals surface area contributed by atoms with Gasteiger partial charge in [-0.3, -0.25) is 14.9 Å². The highest BCUT2D eigenvalue weighted by Gasteiger charge is 2.20. The molecule has 132 valence electrons. The molecule has 0 saturated carbocycles. The van der Waals surface area contributed by atoms with E-state index in [4.69, 9.17) is 9.47 Å². The van der Waals surface area contributed by atoms with Crippen LogP contribution < -0.4 is 14.8 Å². The number of nitro groups is 1. The van der Waals surface area contributed by atoms with E-state index in [0.717, 1.165) is 11.1 Å².